The summed E-state index contributed by atoms with van der Waals surface area (Å²) in [5, 5.41) is 3.60. The van der Waals surface area contributed by atoms with Gasteiger partial charge in [0.1, 0.15) is 5.82 Å². The molecule has 1 aromatic carbocycles. The van der Waals surface area contributed by atoms with Crippen LogP contribution in [-0.2, 0) is 4.79 Å². The lowest BCUT2D eigenvalue weighted by Crippen LogP contribution is -2.41. The van der Waals surface area contributed by atoms with Gasteiger partial charge in [0, 0.05) is 13.1 Å². The highest BCUT2D eigenvalue weighted by molar-refractivity contribution is 8.00. The Morgan fingerprint density at radius 2 is 2.16 bits per heavy atom. The Hall–Kier alpha value is -1.53. The molecule has 1 aliphatic rings. The van der Waals surface area contributed by atoms with Crippen molar-refractivity contribution in [3.63, 3.8) is 0 Å². The number of carbonyl (C=O) groups is 1. The lowest BCUT2D eigenvalue weighted by atomic mass is 9.97. The molecule has 2 aromatic rings. The highest BCUT2D eigenvalue weighted by atomic mass is 32.2. The van der Waals surface area contributed by atoms with Gasteiger partial charge in [0.05, 0.1) is 22.0 Å². The van der Waals surface area contributed by atoms with E-state index in [1.54, 1.807) is 11.8 Å². The van der Waals surface area contributed by atoms with Gasteiger partial charge in [-0.05, 0) is 50.9 Å². The van der Waals surface area contributed by atoms with Crippen molar-refractivity contribution in [1.29, 1.82) is 0 Å². The Labute approximate surface area is 154 Å². The number of thioether (sulfide) groups is 1. The summed E-state index contributed by atoms with van der Waals surface area (Å²) in [6.45, 7) is 8.14. The van der Waals surface area contributed by atoms with Crippen LogP contribution in [0.4, 0.5) is 0 Å². The van der Waals surface area contributed by atoms with Crippen LogP contribution in [0.3, 0.4) is 0 Å². The van der Waals surface area contributed by atoms with Crippen LogP contribution >= 0.6 is 11.8 Å². The number of likely N-dealkylation sites (tertiary alicyclic amines) is 1. The van der Waals surface area contributed by atoms with Gasteiger partial charge < -0.3 is 15.2 Å². The average molecular weight is 361 g/mol. The number of fused-ring (bicyclic) bond motifs is 1. The van der Waals surface area contributed by atoms with Gasteiger partial charge in [-0.15, -0.1) is 11.8 Å². The van der Waals surface area contributed by atoms with Crippen molar-refractivity contribution < 1.29 is 4.79 Å². The highest BCUT2D eigenvalue weighted by Gasteiger charge is 2.23. The van der Waals surface area contributed by atoms with Gasteiger partial charge in [-0.25, -0.2) is 4.98 Å². The molecule has 5 nitrogen and oxygen atoms in total. The number of imidazole rings is 1. The number of nitrogens with zero attached hydrogens (tertiary/aromatic N) is 2. The number of nitrogens with one attached hydrogen (secondary N) is 2. The fraction of sp³-hybridized carbons (Fsp3) is 0.579. The van der Waals surface area contributed by atoms with Crippen molar-refractivity contribution in [3.8, 4) is 0 Å². The number of hydrogen-bond donors (Lipinski definition) is 2. The molecule has 1 fully saturated rings. The van der Waals surface area contributed by atoms with Crippen LogP contribution in [0.1, 0.15) is 37.8 Å². The van der Waals surface area contributed by atoms with Crippen molar-refractivity contribution in [3.05, 3.63) is 30.1 Å². The molecule has 1 amide bonds. The average Bonchev–Trinajstić information content (AvgIpc) is 3.09. The van der Waals surface area contributed by atoms with Gasteiger partial charge in [0.15, 0.2) is 0 Å². The topological polar surface area (TPSA) is 61.0 Å². The first kappa shape index (κ1) is 18.3. The molecule has 1 aliphatic heterocycles. The predicted molar refractivity (Wildman–Crippen MR) is 105 cm³/mol. The molecule has 25 heavy (non-hydrogen) atoms. The second-order valence-corrected chi connectivity index (χ2v) is 8.05. The quantitative estimate of drug-likeness (QED) is 0.796. The number of aromatic amines is 1. The zero-order valence-corrected chi connectivity index (χ0v) is 15.9. The first-order valence-electron chi connectivity index (χ1n) is 9.22. The van der Waals surface area contributed by atoms with E-state index in [0.29, 0.717) is 11.7 Å². The Morgan fingerprint density at radius 1 is 1.40 bits per heavy atom. The van der Waals surface area contributed by atoms with E-state index in [4.69, 9.17) is 0 Å². The van der Waals surface area contributed by atoms with Crippen LogP contribution in [0.5, 0.6) is 0 Å². The number of amides is 1. The van der Waals surface area contributed by atoms with Gasteiger partial charge in [-0.3, -0.25) is 4.79 Å². The molecule has 1 aromatic heterocycles. The molecule has 2 heterocycles. The van der Waals surface area contributed by atoms with E-state index in [1.165, 1.54) is 0 Å². The molecule has 3 rings (SSSR count). The standard InChI is InChI=1S/C19H28N4OS/c1-3-20-12-15-8-10-23(11-9-15)18(24)13-25-14(2)19-21-16-6-4-5-7-17(16)22-19/h4-7,14-15,20H,3,8-13H2,1-2H3,(H,21,22). The largest absolute Gasteiger partial charge is 0.342 e. The summed E-state index contributed by atoms with van der Waals surface area (Å²) < 4.78 is 0. The summed E-state index contributed by atoms with van der Waals surface area (Å²) in [5.41, 5.74) is 2.04. The van der Waals surface area contributed by atoms with Crippen molar-refractivity contribution in [2.45, 2.75) is 31.9 Å². The van der Waals surface area contributed by atoms with Crippen LogP contribution in [0.15, 0.2) is 24.3 Å². The lowest BCUT2D eigenvalue weighted by molar-refractivity contribution is -0.129. The predicted octanol–water partition coefficient (Wildman–Crippen LogP) is 3.21. The number of H-pyrrole nitrogens is 1. The van der Waals surface area contributed by atoms with Crippen molar-refractivity contribution >= 4 is 28.7 Å². The first-order valence-corrected chi connectivity index (χ1v) is 10.3. The molecule has 6 heteroatoms. The van der Waals surface area contributed by atoms with Gasteiger partial charge >= 0.3 is 0 Å². The number of hydrogen-bond acceptors (Lipinski definition) is 4. The van der Waals surface area contributed by atoms with Crippen molar-refractivity contribution in [2.75, 3.05) is 31.9 Å². The van der Waals surface area contributed by atoms with Crippen LogP contribution in [0.2, 0.25) is 0 Å². The maximum absolute atomic E-state index is 12.5. The third-order valence-corrected chi connectivity index (χ3v) is 6.04. The smallest absolute Gasteiger partial charge is 0.232 e. The van der Waals surface area contributed by atoms with Gasteiger partial charge in [0.2, 0.25) is 5.91 Å². The van der Waals surface area contributed by atoms with Gasteiger partial charge in [-0.2, -0.15) is 0 Å². The van der Waals surface area contributed by atoms with Crippen LogP contribution in [-0.4, -0.2) is 52.7 Å². The zero-order valence-electron chi connectivity index (χ0n) is 15.1. The minimum Gasteiger partial charge on any atom is -0.342 e. The van der Waals surface area contributed by atoms with Crippen molar-refractivity contribution in [2.24, 2.45) is 5.92 Å². The third kappa shape index (κ3) is 4.76. The second kappa shape index (κ2) is 8.72. The second-order valence-electron chi connectivity index (χ2n) is 6.72. The molecule has 136 valence electrons. The maximum atomic E-state index is 12.5. The van der Waals surface area contributed by atoms with Gasteiger partial charge in [-0.1, -0.05) is 19.1 Å². The summed E-state index contributed by atoms with van der Waals surface area (Å²) in [6, 6.07) is 8.04. The van der Waals surface area contributed by atoms with E-state index in [2.05, 4.69) is 29.1 Å². The first-order chi connectivity index (χ1) is 12.2. The minimum absolute atomic E-state index is 0.183. The summed E-state index contributed by atoms with van der Waals surface area (Å²) in [4.78, 5) is 22.5. The third-order valence-electron chi connectivity index (χ3n) is 4.90. The number of aromatic nitrogens is 2. The van der Waals surface area contributed by atoms with E-state index in [-0.39, 0.29) is 11.2 Å². The van der Waals surface area contributed by atoms with Crippen LogP contribution in [0, 0.1) is 5.92 Å². The normalized spacial score (nSPS) is 17.1. The molecular weight excluding hydrogens is 332 g/mol. The zero-order chi connectivity index (χ0) is 17.6. The van der Waals surface area contributed by atoms with E-state index in [0.717, 1.165) is 55.9 Å². The number of carbonyl (C=O) groups excluding carboxylic acids is 1. The molecule has 0 bridgehead atoms. The molecule has 1 unspecified atom stereocenters. The van der Waals surface area contributed by atoms with E-state index < -0.39 is 0 Å². The summed E-state index contributed by atoms with van der Waals surface area (Å²) in [7, 11) is 0. The molecule has 2 N–H and O–H groups in total. The van der Waals surface area contributed by atoms with Crippen LogP contribution < -0.4 is 5.32 Å². The molecular formula is C19H28N4OS. The molecule has 0 radical (unpaired) electrons. The fourth-order valence-corrected chi connectivity index (χ4v) is 4.11. The summed E-state index contributed by atoms with van der Waals surface area (Å²) in [6.07, 6.45) is 2.23. The number of para-hydroxylation sites is 2. The Bertz CT molecular complexity index is 661. The monoisotopic (exact) mass is 360 g/mol. The number of piperidine rings is 1. The van der Waals surface area contributed by atoms with E-state index >= 15 is 0 Å². The van der Waals surface area contributed by atoms with E-state index in [9.17, 15) is 4.79 Å². The lowest BCUT2D eigenvalue weighted by Gasteiger charge is -2.32. The fourth-order valence-electron chi connectivity index (χ4n) is 3.27. The van der Waals surface area contributed by atoms with E-state index in [1.807, 2.05) is 29.2 Å². The van der Waals surface area contributed by atoms with Gasteiger partial charge in [0.25, 0.3) is 0 Å². The Balaban J connectivity index is 1.45. The molecule has 0 saturated carbocycles. The molecule has 0 aliphatic carbocycles. The highest BCUT2D eigenvalue weighted by Crippen LogP contribution is 2.28. The van der Waals surface area contributed by atoms with Crippen molar-refractivity contribution in [1.82, 2.24) is 20.2 Å². The summed E-state index contributed by atoms with van der Waals surface area (Å²) >= 11 is 1.66. The molecule has 0 spiro atoms. The number of rotatable bonds is 7. The Kier molecular flexibility index (Phi) is 6.37. The van der Waals surface area contributed by atoms with Crippen LogP contribution in [0.25, 0.3) is 11.0 Å². The summed E-state index contributed by atoms with van der Waals surface area (Å²) in [5.74, 6) is 2.44. The number of benzene rings is 1. The maximum Gasteiger partial charge on any atom is 0.232 e. The molecule has 1 atom stereocenters. The molecule has 1 saturated heterocycles. The Morgan fingerprint density at radius 3 is 2.88 bits per heavy atom. The SMILES string of the molecule is CCNCC1CCN(C(=O)CSC(C)c2nc3ccccc3[nH]2)CC1. The minimum atomic E-state index is 0.183.